The number of hydrogen-bond donors (Lipinski definition) is 1. The molecule has 2 aromatic heterocycles. The lowest BCUT2D eigenvalue weighted by Crippen LogP contribution is -2.14. The Balaban J connectivity index is 1.25. The van der Waals surface area contributed by atoms with Crippen molar-refractivity contribution in [1.82, 2.24) is 29.8 Å². The van der Waals surface area contributed by atoms with Crippen molar-refractivity contribution in [3.63, 3.8) is 0 Å². The molecule has 1 saturated carbocycles. The van der Waals surface area contributed by atoms with E-state index in [-0.39, 0.29) is 11.7 Å². The average Bonchev–Trinajstić information content (AvgIpc) is 3.32. The van der Waals surface area contributed by atoms with Crippen LogP contribution in [0.5, 0.6) is 0 Å². The van der Waals surface area contributed by atoms with Gasteiger partial charge >= 0.3 is 0 Å². The standard InChI is InChI=1S/C23H23N7OS/c1-15-6-7-20(12-16(15)2)29-11-10-24-23(29)32-14-21(31)25-18-5-3-4-17(13-18)22-26-27-28-30(22)19-8-9-19/h3-7,10-13,19H,8-9,14H2,1-2H3,(H,25,31). The lowest BCUT2D eigenvalue weighted by atomic mass is 10.1. The number of thioether (sulfide) groups is 1. The Hall–Kier alpha value is -3.46. The second kappa shape index (κ2) is 8.58. The van der Waals surface area contributed by atoms with Gasteiger partial charge in [-0.1, -0.05) is 30.0 Å². The molecule has 1 N–H and O–H groups in total. The van der Waals surface area contributed by atoms with Crippen molar-refractivity contribution in [3.8, 4) is 17.1 Å². The first-order valence-electron chi connectivity index (χ1n) is 10.5. The van der Waals surface area contributed by atoms with E-state index in [4.69, 9.17) is 0 Å². The van der Waals surface area contributed by atoms with Crippen LogP contribution in [0.1, 0.15) is 30.0 Å². The van der Waals surface area contributed by atoms with Crippen molar-refractivity contribution in [2.75, 3.05) is 11.1 Å². The summed E-state index contributed by atoms with van der Waals surface area (Å²) in [5.74, 6) is 0.892. The Morgan fingerprint density at radius 1 is 1.16 bits per heavy atom. The van der Waals surface area contributed by atoms with Gasteiger partial charge in [0.25, 0.3) is 0 Å². The van der Waals surface area contributed by atoms with E-state index in [0.717, 1.165) is 40.8 Å². The number of rotatable bonds is 7. The maximum absolute atomic E-state index is 12.6. The Morgan fingerprint density at radius 3 is 2.84 bits per heavy atom. The quantitative estimate of drug-likeness (QED) is 0.429. The van der Waals surface area contributed by atoms with Crippen molar-refractivity contribution in [3.05, 3.63) is 66.0 Å². The summed E-state index contributed by atoms with van der Waals surface area (Å²) >= 11 is 1.41. The molecule has 4 aromatic rings. The SMILES string of the molecule is Cc1ccc(-n2ccnc2SCC(=O)Nc2cccc(-c3nnnn3C3CC3)c2)cc1C. The molecule has 0 spiro atoms. The molecule has 5 rings (SSSR count). The molecule has 162 valence electrons. The third-order valence-corrected chi connectivity index (χ3v) is 6.46. The van der Waals surface area contributed by atoms with Gasteiger partial charge in [0.2, 0.25) is 5.91 Å². The molecular formula is C23H23N7OS. The minimum atomic E-state index is -0.0939. The van der Waals surface area contributed by atoms with Gasteiger partial charge in [-0.3, -0.25) is 9.36 Å². The molecule has 1 fully saturated rings. The number of carbonyl (C=O) groups excluding carboxylic acids is 1. The fourth-order valence-electron chi connectivity index (χ4n) is 3.48. The van der Waals surface area contributed by atoms with Crippen LogP contribution >= 0.6 is 11.8 Å². The predicted octanol–water partition coefficient (Wildman–Crippen LogP) is 4.21. The fraction of sp³-hybridized carbons (Fsp3) is 0.261. The number of anilines is 1. The van der Waals surface area contributed by atoms with Crippen LogP contribution in [0.25, 0.3) is 17.1 Å². The zero-order chi connectivity index (χ0) is 22.1. The Bertz CT molecular complexity index is 1270. The highest BCUT2D eigenvalue weighted by atomic mass is 32.2. The zero-order valence-electron chi connectivity index (χ0n) is 17.9. The highest BCUT2D eigenvalue weighted by Gasteiger charge is 2.28. The summed E-state index contributed by atoms with van der Waals surface area (Å²) in [5.41, 5.74) is 5.11. The van der Waals surface area contributed by atoms with E-state index in [1.54, 1.807) is 6.20 Å². The predicted molar refractivity (Wildman–Crippen MR) is 124 cm³/mol. The minimum absolute atomic E-state index is 0.0939. The van der Waals surface area contributed by atoms with Crippen LogP contribution < -0.4 is 5.32 Å². The number of nitrogens with zero attached hydrogens (tertiary/aromatic N) is 6. The summed E-state index contributed by atoms with van der Waals surface area (Å²) in [6.07, 6.45) is 5.87. The first-order chi connectivity index (χ1) is 15.6. The van der Waals surface area contributed by atoms with Crippen LogP contribution in [0.4, 0.5) is 5.69 Å². The Kier molecular flexibility index (Phi) is 5.48. The third-order valence-electron chi connectivity index (χ3n) is 5.50. The highest BCUT2D eigenvalue weighted by molar-refractivity contribution is 7.99. The summed E-state index contributed by atoms with van der Waals surface area (Å²) in [5, 5.41) is 15.8. The molecule has 0 unspecified atom stereocenters. The van der Waals surface area contributed by atoms with Crippen LogP contribution in [0.2, 0.25) is 0 Å². The Labute approximate surface area is 190 Å². The van der Waals surface area contributed by atoms with Gasteiger partial charge in [0.05, 0.1) is 11.8 Å². The number of hydrogen-bond acceptors (Lipinski definition) is 6. The molecule has 1 amide bonds. The molecule has 2 heterocycles. The van der Waals surface area contributed by atoms with Crippen molar-refractivity contribution in [1.29, 1.82) is 0 Å². The summed E-state index contributed by atoms with van der Waals surface area (Å²) in [6.45, 7) is 4.18. The fourth-order valence-corrected chi connectivity index (χ4v) is 4.25. The number of benzene rings is 2. The largest absolute Gasteiger partial charge is 0.325 e. The lowest BCUT2D eigenvalue weighted by molar-refractivity contribution is -0.113. The van der Waals surface area contributed by atoms with Crippen LogP contribution in [0.3, 0.4) is 0 Å². The second-order valence-electron chi connectivity index (χ2n) is 7.94. The lowest BCUT2D eigenvalue weighted by Gasteiger charge is -2.10. The van der Waals surface area contributed by atoms with E-state index in [1.807, 2.05) is 39.7 Å². The number of aryl methyl sites for hydroxylation is 2. The number of nitrogens with one attached hydrogen (secondary N) is 1. The van der Waals surface area contributed by atoms with E-state index >= 15 is 0 Å². The first kappa shape index (κ1) is 20.4. The monoisotopic (exact) mass is 445 g/mol. The first-order valence-corrected chi connectivity index (χ1v) is 11.5. The van der Waals surface area contributed by atoms with Crippen molar-refractivity contribution >= 4 is 23.4 Å². The van der Waals surface area contributed by atoms with Gasteiger partial charge in [0.1, 0.15) is 0 Å². The molecule has 0 bridgehead atoms. The van der Waals surface area contributed by atoms with Gasteiger partial charge in [-0.2, -0.15) is 0 Å². The molecule has 1 aliphatic carbocycles. The van der Waals surface area contributed by atoms with Crippen LogP contribution in [-0.4, -0.2) is 41.4 Å². The number of aromatic nitrogens is 6. The van der Waals surface area contributed by atoms with Gasteiger partial charge in [0.15, 0.2) is 11.0 Å². The topological polar surface area (TPSA) is 90.5 Å². The maximum Gasteiger partial charge on any atom is 0.234 e. The van der Waals surface area contributed by atoms with Crippen molar-refractivity contribution in [2.24, 2.45) is 0 Å². The van der Waals surface area contributed by atoms with E-state index in [9.17, 15) is 4.79 Å². The molecular weight excluding hydrogens is 422 g/mol. The summed E-state index contributed by atoms with van der Waals surface area (Å²) in [7, 11) is 0. The Morgan fingerprint density at radius 2 is 2.03 bits per heavy atom. The third kappa shape index (κ3) is 4.29. The average molecular weight is 446 g/mol. The molecule has 32 heavy (non-hydrogen) atoms. The van der Waals surface area contributed by atoms with Crippen molar-refractivity contribution < 1.29 is 4.79 Å². The summed E-state index contributed by atoms with van der Waals surface area (Å²) < 4.78 is 3.87. The molecule has 0 aliphatic heterocycles. The summed E-state index contributed by atoms with van der Waals surface area (Å²) in [4.78, 5) is 17.0. The van der Waals surface area contributed by atoms with E-state index < -0.39 is 0 Å². The number of amides is 1. The van der Waals surface area contributed by atoms with Crippen LogP contribution in [-0.2, 0) is 4.79 Å². The van der Waals surface area contributed by atoms with Crippen LogP contribution in [0, 0.1) is 13.8 Å². The van der Waals surface area contributed by atoms with Crippen molar-refractivity contribution in [2.45, 2.75) is 37.9 Å². The van der Waals surface area contributed by atoms with E-state index in [2.05, 4.69) is 57.9 Å². The van der Waals surface area contributed by atoms with Gasteiger partial charge in [-0.05, 0) is 72.5 Å². The van der Waals surface area contributed by atoms with Gasteiger partial charge in [-0.15, -0.1) is 5.10 Å². The van der Waals surface area contributed by atoms with E-state index in [1.165, 1.54) is 22.9 Å². The maximum atomic E-state index is 12.6. The second-order valence-corrected chi connectivity index (χ2v) is 8.89. The summed E-state index contributed by atoms with van der Waals surface area (Å²) in [6, 6.07) is 14.3. The molecule has 8 nitrogen and oxygen atoms in total. The van der Waals surface area contributed by atoms with E-state index in [0.29, 0.717) is 6.04 Å². The molecule has 1 aliphatic rings. The number of imidazole rings is 1. The molecule has 0 saturated heterocycles. The van der Waals surface area contributed by atoms with Gasteiger partial charge < -0.3 is 5.32 Å². The molecule has 0 radical (unpaired) electrons. The molecule has 2 aromatic carbocycles. The van der Waals surface area contributed by atoms with Gasteiger partial charge in [-0.25, -0.2) is 9.67 Å². The highest BCUT2D eigenvalue weighted by Crippen LogP contribution is 2.36. The zero-order valence-corrected chi connectivity index (χ0v) is 18.7. The van der Waals surface area contributed by atoms with Crippen LogP contribution in [0.15, 0.2) is 60.0 Å². The number of tetrazole rings is 1. The molecule has 9 heteroatoms. The normalized spacial score (nSPS) is 13.3. The molecule has 0 atom stereocenters. The number of carbonyl (C=O) groups is 1. The minimum Gasteiger partial charge on any atom is -0.325 e. The van der Waals surface area contributed by atoms with Gasteiger partial charge in [0, 0.05) is 29.3 Å². The smallest absolute Gasteiger partial charge is 0.234 e.